The summed E-state index contributed by atoms with van der Waals surface area (Å²) < 4.78 is 5.64. The second-order valence-corrected chi connectivity index (χ2v) is 6.93. The summed E-state index contributed by atoms with van der Waals surface area (Å²) in [5.74, 6) is 1.27. The fourth-order valence-corrected chi connectivity index (χ4v) is 3.68. The van der Waals surface area contributed by atoms with Crippen molar-refractivity contribution in [3.05, 3.63) is 66.5 Å². The summed E-state index contributed by atoms with van der Waals surface area (Å²) in [7, 11) is 0. The second kappa shape index (κ2) is 6.78. The topological polar surface area (TPSA) is 78.8 Å². The van der Waals surface area contributed by atoms with Gasteiger partial charge in [-0.2, -0.15) is 10.2 Å². The zero-order chi connectivity index (χ0) is 18.9. The maximum absolute atomic E-state index is 9.08. The monoisotopic (exact) mass is 367 g/mol. The Hall–Kier alpha value is -3.72. The molecule has 6 heteroatoms. The van der Waals surface area contributed by atoms with Gasteiger partial charge in [-0.25, -0.2) is 4.98 Å². The number of hydrogen-bond acceptors (Lipinski definition) is 6. The van der Waals surface area contributed by atoms with Crippen LogP contribution in [0.25, 0.3) is 33.6 Å². The van der Waals surface area contributed by atoms with E-state index in [-0.39, 0.29) is 5.92 Å². The third-order valence-electron chi connectivity index (χ3n) is 5.15. The van der Waals surface area contributed by atoms with Gasteiger partial charge in [-0.1, -0.05) is 53.7 Å². The first-order valence-electron chi connectivity index (χ1n) is 9.25. The van der Waals surface area contributed by atoms with Gasteiger partial charge in [0.2, 0.25) is 0 Å². The lowest BCUT2D eigenvalue weighted by molar-refractivity contribution is 0.413. The molecule has 0 saturated carbocycles. The van der Waals surface area contributed by atoms with Crippen LogP contribution in [-0.4, -0.2) is 33.1 Å². The highest BCUT2D eigenvalue weighted by Crippen LogP contribution is 2.33. The predicted octanol–water partition coefficient (Wildman–Crippen LogP) is 4.22. The number of para-hydroxylation sites is 1. The predicted molar refractivity (Wildman–Crippen MR) is 105 cm³/mol. The first-order chi connectivity index (χ1) is 13.8. The molecular formula is C22H17N5O. The molecule has 5 rings (SSSR count). The molecule has 0 radical (unpaired) electrons. The zero-order valence-electron chi connectivity index (χ0n) is 15.1. The number of nitrogens with zero attached hydrogens (tertiary/aromatic N) is 5. The smallest absolute Gasteiger partial charge is 0.258 e. The molecule has 1 fully saturated rings. The van der Waals surface area contributed by atoms with Crippen LogP contribution in [0.1, 0.15) is 18.2 Å². The van der Waals surface area contributed by atoms with Gasteiger partial charge in [0.25, 0.3) is 5.89 Å². The minimum absolute atomic E-state index is 0.124. The average molecular weight is 367 g/mol. The quantitative estimate of drug-likeness (QED) is 0.504. The molecule has 1 atom stereocenters. The molecular weight excluding hydrogens is 350 g/mol. The van der Waals surface area contributed by atoms with Crippen LogP contribution in [0, 0.1) is 11.5 Å². The summed E-state index contributed by atoms with van der Waals surface area (Å²) in [6.07, 6.45) is 3.05. The molecule has 28 heavy (non-hydrogen) atoms. The number of rotatable bonds is 3. The second-order valence-electron chi connectivity index (χ2n) is 6.93. The molecule has 4 aromatic rings. The summed E-state index contributed by atoms with van der Waals surface area (Å²) >= 11 is 0. The van der Waals surface area contributed by atoms with Crippen molar-refractivity contribution in [2.45, 2.75) is 12.3 Å². The van der Waals surface area contributed by atoms with Crippen molar-refractivity contribution >= 4 is 10.9 Å². The number of benzene rings is 2. The van der Waals surface area contributed by atoms with Crippen LogP contribution >= 0.6 is 0 Å². The molecule has 2 aromatic heterocycles. The van der Waals surface area contributed by atoms with Crippen LogP contribution in [-0.2, 0) is 0 Å². The summed E-state index contributed by atoms with van der Waals surface area (Å²) in [5, 5.41) is 14.3. The van der Waals surface area contributed by atoms with E-state index in [9.17, 15) is 0 Å². The molecule has 1 aliphatic heterocycles. The highest BCUT2D eigenvalue weighted by Gasteiger charge is 2.27. The first-order valence-corrected chi connectivity index (χ1v) is 9.25. The SMILES string of the molecule is N#CN1CCC(c2noc(-c3cc(-c4ccccc4)nc4ccccc34)n2)C1. The number of likely N-dealkylation sites (tertiary alicyclic amines) is 1. The van der Waals surface area contributed by atoms with E-state index >= 15 is 0 Å². The van der Waals surface area contributed by atoms with Crippen LogP contribution in [0.2, 0.25) is 0 Å². The van der Waals surface area contributed by atoms with Crippen LogP contribution < -0.4 is 0 Å². The normalized spacial score (nSPS) is 16.4. The molecule has 0 aliphatic carbocycles. The Morgan fingerprint density at radius 3 is 2.68 bits per heavy atom. The number of aromatic nitrogens is 3. The van der Waals surface area contributed by atoms with Gasteiger partial charge in [0.05, 0.1) is 16.8 Å². The van der Waals surface area contributed by atoms with Crippen molar-refractivity contribution in [3.8, 4) is 28.9 Å². The van der Waals surface area contributed by atoms with Crippen molar-refractivity contribution in [2.75, 3.05) is 13.1 Å². The number of pyridine rings is 1. The van der Waals surface area contributed by atoms with E-state index in [1.165, 1.54) is 0 Å². The van der Waals surface area contributed by atoms with E-state index in [4.69, 9.17) is 14.8 Å². The fraction of sp³-hybridized carbons (Fsp3) is 0.182. The lowest BCUT2D eigenvalue weighted by Crippen LogP contribution is -2.13. The Morgan fingerprint density at radius 2 is 1.86 bits per heavy atom. The number of hydrogen-bond donors (Lipinski definition) is 0. The zero-order valence-corrected chi connectivity index (χ0v) is 15.1. The Morgan fingerprint density at radius 1 is 1.04 bits per heavy atom. The molecule has 0 spiro atoms. The minimum Gasteiger partial charge on any atom is -0.334 e. The van der Waals surface area contributed by atoms with Crippen molar-refractivity contribution in [1.82, 2.24) is 20.0 Å². The van der Waals surface area contributed by atoms with E-state index < -0.39 is 0 Å². The van der Waals surface area contributed by atoms with Gasteiger partial charge in [-0.15, -0.1) is 0 Å². The molecule has 136 valence electrons. The van der Waals surface area contributed by atoms with Crippen molar-refractivity contribution in [2.24, 2.45) is 0 Å². The van der Waals surface area contributed by atoms with E-state index in [1.54, 1.807) is 4.90 Å². The lowest BCUT2D eigenvalue weighted by atomic mass is 10.0. The third-order valence-corrected chi connectivity index (χ3v) is 5.15. The summed E-state index contributed by atoms with van der Waals surface area (Å²) in [5.41, 5.74) is 3.66. The lowest BCUT2D eigenvalue weighted by Gasteiger charge is -2.07. The average Bonchev–Trinajstić information content (AvgIpc) is 3.43. The third kappa shape index (κ3) is 2.87. The molecule has 1 saturated heterocycles. The Kier molecular flexibility index (Phi) is 3.99. The molecule has 0 bridgehead atoms. The Labute approximate surface area is 162 Å². The van der Waals surface area contributed by atoms with Crippen LogP contribution in [0.4, 0.5) is 0 Å². The molecule has 6 nitrogen and oxygen atoms in total. The van der Waals surface area contributed by atoms with Gasteiger partial charge in [0, 0.05) is 30.0 Å². The summed E-state index contributed by atoms with van der Waals surface area (Å²) in [6.45, 7) is 1.38. The van der Waals surface area contributed by atoms with Gasteiger partial charge in [0.1, 0.15) is 0 Å². The molecule has 3 heterocycles. The Bertz CT molecular complexity index is 1180. The summed E-state index contributed by atoms with van der Waals surface area (Å²) in [6, 6.07) is 20.0. The van der Waals surface area contributed by atoms with Gasteiger partial charge in [-0.3, -0.25) is 0 Å². The highest BCUT2D eigenvalue weighted by molar-refractivity contribution is 5.94. The van der Waals surface area contributed by atoms with Gasteiger partial charge < -0.3 is 9.42 Å². The van der Waals surface area contributed by atoms with Crippen molar-refractivity contribution < 1.29 is 4.52 Å². The van der Waals surface area contributed by atoms with E-state index in [2.05, 4.69) is 16.3 Å². The largest absolute Gasteiger partial charge is 0.334 e. The molecule has 1 unspecified atom stereocenters. The van der Waals surface area contributed by atoms with E-state index in [0.717, 1.165) is 40.7 Å². The summed E-state index contributed by atoms with van der Waals surface area (Å²) in [4.78, 5) is 11.2. The van der Waals surface area contributed by atoms with Crippen molar-refractivity contribution in [3.63, 3.8) is 0 Å². The molecule has 0 amide bonds. The highest BCUT2D eigenvalue weighted by atomic mass is 16.5. The maximum atomic E-state index is 9.08. The van der Waals surface area contributed by atoms with Crippen LogP contribution in [0.3, 0.4) is 0 Å². The van der Waals surface area contributed by atoms with Gasteiger partial charge >= 0.3 is 0 Å². The van der Waals surface area contributed by atoms with Gasteiger partial charge in [-0.05, 0) is 18.6 Å². The Balaban J connectivity index is 1.60. The maximum Gasteiger partial charge on any atom is 0.258 e. The molecule has 0 N–H and O–H groups in total. The number of fused-ring (bicyclic) bond motifs is 1. The molecule has 1 aliphatic rings. The van der Waals surface area contributed by atoms with Gasteiger partial charge in [0.15, 0.2) is 12.0 Å². The van der Waals surface area contributed by atoms with E-state index in [1.807, 2.05) is 60.7 Å². The number of nitriles is 1. The van der Waals surface area contributed by atoms with Crippen LogP contribution in [0.15, 0.2) is 65.2 Å². The first kappa shape index (κ1) is 16.5. The fourth-order valence-electron chi connectivity index (χ4n) is 3.68. The van der Waals surface area contributed by atoms with Crippen molar-refractivity contribution in [1.29, 1.82) is 5.26 Å². The van der Waals surface area contributed by atoms with Crippen LogP contribution in [0.5, 0.6) is 0 Å². The minimum atomic E-state index is 0.124. The molecule has 2 aromatic carbocycles. The standard InChI is InChI=1S/C22H17N5O/c23-14-27-11-10-16(13-27)21-25-22(28-26-21)18-12-20(15-6-2-1-3-7-15)24-19-9-5-4-8-17(18)19/h1-9,12,16H,10-11,13H2. The van der Waals surface area contributed by atoms with E-state index in [0.29, 0.717) is 18.3 Å².